The number of ether oxygens (including phenoxy) is 2. The molecule has 0 heterocycles. The van der Waals surface area contributed by atoms with E-state index in [0.717, 1.165) is 34.7 Å². The van der Waals surface area contributed by atoms with E-state index in [0.29, 0.717) is 0 Å². The molecule has 0 radical (unpaired) electrons. The standard InChI is InChI=1S/C12H19BrN2O2/c1-14-7-8-15(2)9-5-6-10(16-3)11(13)12(9)17-4/h5-6,14H,7-8H2,1-4H3. The fourth-order valence-corrected chi connectivity index (χ4v) is 2.24. The summed E-state index contributed by atoms with van der Waals surface area (Å²) in [6.45, 7) is 1.83. The Hall–Kier alpha value is -0.940. The molecule has 0 saturated carbocycles. The van der Waals surface area contributed by atoms with E-state index >= 15 is 0 Å². The third-order valence-electron chi connectivity index (χ3n) is 2.57. The van der Waals surface area contributed by atoms with Gasteiger partial charge in [-0.1, -0.05) is 0 Å². The molecule has 0 atom stereocenters. The molecule has 0 fully saturated rings. The van der Waals surface area contributed by atoms with Crippen LogP contribution in [0.2, 0.25) is 0 Å². The Morgan fingerprint density at radius 1 is 1.29 bits per heavy atom. The van der Waals surface area contributed by atoms with Crippen molar-refractivity contribution in [1.82, 2.24) is 5.32 Å². The number of hydrogen-bond donors (Lipinski definition) is 1. The minimum atomic E-state index is 0.771. The van der Waals surface area contributed by atoms with Crippen molar-refractivity contribution in [3.05, 3.63) is 16.6 Å². The van der Waals surface area contributed by atoms with Gasteiger partial charge in [-0.15, -0.1) is 0 Å². The van der Waals surface area contributed by atoms with Gasteiger partial charge in [0.05, 0.1) is 19.9 Å². The first kappa shape index (κ1) is 14.1. The molecule has 1 rings (SSSR count). The summed E-state index contributed by atoms with van der Waals surface area (Å²) in [6, 6.07) is 3.93. The van der Waals surface area contributed by atoms with Crippen LogP contribution in [0.3, 0.4) is 0 Å². The Balaban J connectivity index is 3.03. The molecule has 17 heavy (non-hydrogen) atoms. The summed E-state index contributed by atoms with van der Waals surface area (Å²) in [4.78, 5) is 2.14. The number of likely N-dealkylation sites (N-methyl/N-ethyl adjacent to an activating group) is 2. The Morgan fingerprint density at radius 2 is 2.00 bits per heavy atom. The molecule has 0 spiro atoms. The number of benzene rings is 1. The van der Waals surface area contributed by atoms with Gasteiger partial charge in [0.2, 0.25) is 0 Å². The molecule has 0 bridgehead atoms. The summed E-state index contributed by atoms with van der Waals surface area (Å²) in [5, 5.41) is 3.12. The molecule has 96 valence electrons. The Bertz CT molecular complexity index is 372. The van der Waals surface area contributed by atoms with Crippen LogP contribution >= 0.6 is 15.9 Å². The van der Waals surface area contributed by atoms with E-state index in [-0.39, 0.29) is 0 Å². The number of rotatable bonds is 6. The number of halogens is 1. The van der Waals surface area contributed by atoms with Crippen LogP contribution in [-0.4, -0.2) is 41.4 Å². The van der Waals surface area contributed by atoms with Crippen LogP contribution in [0.1, 0.15) is 0 Å². The van der Waals surface area contributed by atoms with Crippen molar-refractivity contribution in [2.45, 2.75) is 0 Å². The first-order chi connectivity index (χ1) is 8.15. The van der Waals surface area contributed by atoms with Crippen molar-refractivity contribution < 1.29 is 9.47 Å². The quantitative estimate of drug-likeness (QED) is 0.873. The van der Waals surface area contributed by atoms with Crippen LogP contribution in [0.5, 0.6) is 11.5 Å². The Labute approximate surface area is 111 Å². The lowest BCUT2D eigenvalue weighted by atomic mass is 10.2. The highest BCUT2D eigenvalue weighted by molar-refractivity contribution is 9.10. The van der Waals surface area contributed by atoms with E-state index in [1.807, 2.05) is 26.2 Å². The average molecular weight is 303 g/mol. The highest BCUT2D eigenvalue weighted by Gasteiger charge is 2.15. The molecule has 0 aliphatic carbocycles. The average Bonchev–Trinajstić information content (AvgIpc) is 2.35. The monoisotopic (exact) mass is 302 g/mol. The fourth-order valence-electron chi connectivity index (χ4n) is 1.58. The lowest BCUT2D eigenvalue weighted by Crippen LogP contribution is -2.27. The molecule has 1 aromatic rings. The molecule has 0 aliphatic rings. The summed E-state index contributed by atoms with van der Waals surface area (Å²) >= 11 is 3.50. The maximum absolute atomic E-state index is 5.43. The van der Waals surface area contributed by atoms with Gasteiger partial charge in [0.1, 0.15) is 10.2 Å². The summed E-state index contributed by atoms with van der Waals surface area (Å²) in [5.41, 5.74) is 1.04. The highest BCUT2D eigenvalue weighted by Crippen LogP contribution is 2.41. The van der Waals surface area contributed by atoms with Gasteiger partial charge in [-0.05, 0) is 35.1 Å². The van der Waals surface area contributed by atoms with Gasteiger partial charge in [0.25, 0.3) is 0 Å². The molecule has 0 aliphatic heterocycles. The highest BCUT2D eigenvalue weighted by atomic mass is 79.9. The third-order valence-corrected chi connectivity index (χ3v) is 3.32. The van der Waals surface area contributed by atoms with E-state index in [9.17, 15) is 0 Å². The van der Waals surface area contributed by atoms with Crippen molar-refractivity contribution in [3.63, 3.8) is 0 Å². The Morgan fingerprint density at radius 3 is 2.53 bits per heavy atom. The van der Waals surface area contributed by atoms with E-state index in [1.165, 1.54) is 0 Å². The van der Waals surface area contributed by atoms with Crippen molar-refractivity contribution >= 4 is 21.6 Å². The summed E-state index contributed by atoms with van der Waals surface area (Å²) in [7, 11) is 7.28. The number of anilines is 1. The molecular formula is C12H19BrN2O2. The van der Waals surface area contributed by atoms with Gasteiger partial charge in [-0.2, -0.15) is 0 Å². The number of nitrogens with zero attached hydrogens (tertiary/aromatic N) is 1. The topological polar surface area (TPSA) is 33.7 Å². The van der Waals surface area contributed by atoms with Crippen molar-refractivity contribution in [3.8, 4) is 11.5 Å². The summed E-state index contributed by atoms with van der Waals surface area (Å²) in [6.07, 6.45) is 0. The fraction of sp³-hybridized carbons (Fsp3) is 0.500. The second kappa shape index (κ2) is 6.71. The lowest BCUT2D eigenvalue weighted by molar-refractivity contribution is 0.389. The van der Waals surface area contributed by atoms with Gasteiger partial charge < -0.3 is 19.7 Å². The SMILES string of the molecule is CNCCN(C)c1ccc(OC)c(Br)c1OC. The molecule has 1 aromatic carbocycles. The van der Waals surface area contributed by atoms with Crippen LogP contribution < -0.4 is 19.7 Å². The minimum absolute atomic E-state index is 0.771. The second-order valence-electron chi connectivity index (χ2n) is 3.66. The third kappa shape index (κ3) is 3.26. The van der Waals surface area contributed by atoms with Crippen LogP contribution in [0.4, 0.5) is 5.69 Å². The smallest absolute Gasteiger partial charge is 0.160 e. The predicted octanol–water partition coefficient (Wildman–Crippen LogP) is 2.12. The molecular weight excluding hydrogens is 284 g/mol. The van der Waals surface area contributed by atoms with Crippen LogP contribution in [0, 0.1) is 0 Å². The zero-order valence-corrected chi connectivity index (χ0v) is 12.3. The maximum atomic E-state index is 5.43. The van der Waals surface area contributed by atoms with Gasteiger partial charge in [0.15, 0.2) is 5.75 Å². The van der Waals surface area contributed by atoms with Crippen molar-refractivity contribution in [2.75, 3.05) is 46.3 Å². The van der Waals surface area contributed by atoms with Crippen LogP contribution in [-0.2, 0) is 0 Å². The van der Waals surface area contributed by atoms with Crippen LogP contribution in [0.25, 0.3) is 0 Å². The first-order valence-corrected chi connectivity index (χ1v) is 6.21. The van der Waals surface area contributed by atoms with Crippen molar-refractivity contribution in [2.24, 2.45) is 0 Å². The molecule has 4 nitrogen and oxygen atoms in total. The lowest BCUT2D eigenvalue weighted by Gasteiger charge is -2.23. The van der Waals surface area contributed by atoms with Gasteiger partial charge in [0, 0.05) is 20.1 Å². The largest absolute Gasteiger partial charge is 0.495 e. The molecule has 5 heteroatoms. The summed E-state index contributed by atoms with van der Waals surface area (Å²) in [5.74, 6) is 1.57. The molecule has 0 unspecified atom stereocenters. The van der Waals surface area contributed by atoms with E-state index in [4.69, 9.17) is 9.47 Å². The van der Waals surface area contributed by atoms with E-state index < -0.39 is 0 Å². The minimum Gasteiger partial charge on any atom is -0.495 e. The van der Waals surface area contributed by atoms with E-state index in [1.54, 1.807) is 14.2 Å². The zero-order chi connectivity index (χ0) is 12.8. The van der Waals surface area contributed by atoms with E-state index in [2.05, 4.69) is 26.1 Å². The van der Waals surface area contributed by atoms with Crippen LogP contribution in [0.15, 0.2) is 16.6 Å². The first-order valence-electron chi connectivity index (χ1n) is 5.42. The molecule has 0 amide bonds. The predicted molar refractivity (Wildman–Crippen MR) is 74.4 cm³/mol. The van der Waals surface area contributed by atoms with Gasteiger partial charge >= 0.3 is 0 Å². The molecule has 0 saturated heterocycles. The van der Waals surface area contributed by atoms with Gasteiger partial charge in [-0.25, -0.2) is 0 Å². The second-order valence-corrected chi connectivity index (χ2v) is 4.45. The van der Waals surface area contributed by atoms with Gasteiger partial charge in [-0.3, -0.25) is 0 Å². The van der Waals surface area contributed by atoms with Crippen molar-refractivity contribution in [1.29, 1.82) is 0 Å². The zero-order valence-electron chi connectivity index (χ0n) is 10.7. The number of hydrogen-bond acceptors (Lipinski definition) is 4. The number of methoxy groups -OCH3 is 2. The normalized spacial score (nSPS) is 10.2. The Kier molecular flexibility index (Phi) is 5.58. The maximum Gasteiger partial charge on any atom is 0.160 e. The summed E-state index contributed by atoms with van der Waals surface area (Å²) < 4.78 is 11.5. The molecule has 1 N–H and O–H groups in total. The molecule has 0 aromatic heterocycles. The number of nitrogens with one attached hydrogen (secondary N) is 1.